The third-order valence-corrected chi connectivity index (χ3v) is 4.40. The molecule has 3 rings (SSSR count). The Labute approximate surface area is 186 Å². The van der Waals surface area contributed by atoms with Crippen LogP contribution >= 0.6 is 0 Å². The minimum absolute atomic E-state index is 0.0488. The van der Waals surface area contributed by atoms with Crippen LogP contribution in [0.15, 0.2) is 65.8 Å². The fourth-order valence-corrected chi connectivity index (χ4v) is 2.78. The number of nitro groups is 1. The van der Waals surface area contributed by atoms with E-state index < -0.39 is 34.0 Å². The van der Waals surface area contributed by atoms with Crippen LogP contribution in [0.25, 0.3) is 0 Å². The van der Waals surface area contributed by atoms with Gasteiger partial charge in [0.1, 0.15) is 11.6 Å². The topological polar surface area (TPSA) is 143 Å². The molecule has 0 saturated heterocycles. The molecule has 33 heavy (non-hydrogen) atoms. The number of nitrogens with zero attached hydrogens (tertiary/aromatic N) is 2. The molecule has 0 aliphatic heterocycles. The zero-order valence-corrected chi connectivity index (χ0v) is 17.1. The number of rotatable bonds is 7. The van der Waals surface area contributed by atoms with E-state index >= 15 is 0 Å². The van der Waals surface area contributed by atoms with E-state index in [0.29, 0.717) is 0 Å². The highest BCUT2D eigenvalue weighted by Crippen LogP contribution is 2.33. The Morgan fingerprint density at radius 1 is 1.12 bits per heavy atom. The molecule has 3 aromatic carbocycles. The van der Waals surface area contributed by atoms with Gasteiger partial charge >= 0.3 is 5.69 Å². The number of ether oxygens (including phenoxy) is 1. The van der Waals surface area contributed by atoms with E-state index in [0.717, 1.165) is 18.3 Å². The molecule has 168 valence electrons. The Balaban J connectivity index is 1.72. The van der Waals surface area contributed by atoms with Crippen molar-refractivity contribution in [2.45, 2.75) is 0 Å². The largest absolute Gasteiger partial charge is 0.502 e. The molecule has 0 atom stereocenters. The standard InChI is InChI=1S/C22H17FN4O6/c1-33-16-10-14(20(28)19(11-16)27(31)32)12-24-26-21(29)13-5-4-6-15(9-13)25-22(30)17-7-2-3-8-18(17)23/h2-12,28H,1H3,(H,25,30)(H,26,29). The Morgan fingerprint density at radius 3 is 2.58 bits per heavy atom. The summed E-state index contributed by atoms with van der Waals surface area (Å²) in [4.78, 5) is 34.9. The van der Waals surface area contributed by atoms with Gasteiger partial charge in [0.05, 0.1) is 29.9 Å². The summed E-state index contributed by atoms with van der Waals surface area (Å²) in [5, 5.41) is 27.3. The molecule has 0 fully saturated rings. The molecule has 0 aliphatic carbocycles. The van der Waals surface area contributed by atoms with Gasteiger partial charge in [-0.1, -0.05) is 18.2 Å². The van der Waals surface area contributed by atoms with Gasteiger partial charge in [0.2, 0.25) is 5.75 Å². The fourth-order valence-electron chi connectivity index (χ4n) is 2.78. The Bertz CT molecular complexity index is 1260. The van der Waals surface area contributed by atoms with Crippen molar-refractivity contribution < 1.29 is 28.7 Å². The lowest BCUT2D eigenvalue weighted by atomic mass is 10.1. The molecule has 3 aromatic rings. The van der Waals surface area contributed by atoms with Crippen molar-refractivity contribution in [2.24, 2.45) is 5.10 Å². The monoisotopic (exact) mass is 452 g/mol. The molecule has 11 heteroatoms. The number of anilines is 1. The van der Waals surface area contributed by atoms with Gasteiger partial charge in [0.15, 0.2) is 0 Å². The Morgan fingerprint density at radius 2 is 1.88 bits per heavy atom. The van der Waals surface area contributed by atoms with Gasteiger partial charge in [-0.15, -0.1) is 0 Å². The number of nitrogens with one attached hydrogen (secondary N) is 2. The first kappa shape index (κ1) is 22.9. The Hall–Kier alpha value is -4.80. The summed E-state index contributed by atoms with van der Waals surface area (Å²) in [5.74, 6) is -2.55. The van der Waals surface area contributed by atoms with Gasteiger partial charge in [-0.3, -0.25) is 19.7 Å². The molecule has 0 heterocycles. The molecule has 0 spiro atoms. The van der Waals surface area contributed by atoms with Crippen molar-refractivity contribution in [1.82, 2.24) is 5.43 Å². The smallest absolute Gasteiger partial charge is 0.315 e. The van der Waals surface area contributed by atoms with Crippen molar-refractivity contribution in [2.75, 3.05) is 12.4 Å². The van der Waals surface area contributed by atoms with E-state index in [1.807, 2.05) is 0 Å². The van der Waals surface area contributed by atoms with E-state index in [-0.39, 0.29) is 28.1 Å². The Kier molecular flexibility index (Phi) is 6.94. The van der Waals surface area contributed by atoms with Crippen molar-refractivity contribution in [3.05, 3.63) is 93.3 Å². The number of carbonyl (C=O) groups excluding carboxylic acids is 2. The minimum atomic E-state index is -0.783. The van der Waals surface area contributed by atoms with E-state index in [2.05, 4.69) is 15.8 Å². The molecule has 0 radical (unpaired) electrons. The van der Waals surface area contributed by atoms with Crippen LogP contribution in [0.1, 0.15) is 26.3 Å². The van der Waals surface area contributed by atoms with Crippen LogP contribution in [0.5, 0.6) is 11.5 Å². The van der Waals surface area contributed by atoms with Crippen molar-refractivity contribution >= 4 is 29.4 Å². The number of phenols is 1. The number of phenolic OH excluding ortho intramolecular Hbond substituents is 1. The highest BCUT2D eigenvalue weighted by Gasteiger charge is 2.19. The van der Waals surface area contributed by atoms with Gasteiger partial charge in [-0.25, -0.2) is 9.82 Å². The molecular weight excluding hydrogens is 435 g/mol. The number of hydrogen-bond donors (Lipinski definition) is 3. The molecular formula is C22H17FN4O6. The summed E-state index contributed by atoms with van der Waals surface area (Å²) in [6, 6.07) is 13.7. The first-order chi connectivity index (χ1) is 15.8. The first-order valence-electron chi connectivity index (χ1n) is 9.35. The van der Waals surface area contributed by atoms with Gasteiger partial charge < -0.3 is 15.2 Å². The second-order valence-electron chi connectivity index (χ2n) is 6.56. The number of nitro benzene ring substituents is 1. The van der Waals surface area contributed by atoms with Gasteiger partial charge in [0.25, 0.3) is 11.8 Å². The first-order valence-corrected chi connectivity index (χ1v) is 9.35. The maximum atomic E-state index is 13.8. The number of methoxy groups -OCH3 is 1. The number of hydrogen-bond acceptors (Lipinski definition) is 7. The molecule has 0 unspecified atom stereocenters. The van der Waals surface area contributed by atoms with E-state index in [9.17, 15) is 29.2 Å². The van der Waals surface area contributed by atoms with Gasteiger partial charge in [-0.2, -0.15) is 5.10 Å². The quantitative estimate of drug-likeness (QED) is 0.285. The zero-order valence-electron chi connectivity index (χ0n) is 17.1. The predicted octanol–water partition coefficient (Wildman–Crippen LogP) is 3.46. The molecule has 0 aromatic heterocycles. The number of halogens is 1. The number of aromatic hydroxyl groups is 1. The molecule has 2 amide bonds. The number of amides is 2. The van der Waals surface area contributed by atoms with Crippen LogP contribution in [-0.2, 0) is 0 Å². The molecule has 0 bridgehead atoms. The summed E-state index contributed by atoms with van der Waals surface area (Å²) < 4.78 is 18.7. The van der Waals surface area contributed by atoms with Crippen LogP contribution in [0, 0.1) is 15.9 Å². The zero-order chi connectivity index (χ0) is 24.0. The number of benzene rings is 3. The molecule has 3 N–H and O–H groups in total. The molecule has 10 nitrogen and oxygen atoms in total. The van der Waals surface area contributed by atoms with Crippen LogP contribution in [0.2, 0.25) is 0 Å². The summed E-state index contributed by atoms with van der Waals surface area (Å²) in [5.41, 5.74) is 1.81. The van der Waals surface area contributed by atoms with Crippen molar-refractivity contribution in [3.63, 3.8) is 0 Å². The fraction of sp³-hybridized carbons (Fsp3) is 0.0455. The third kappa shape index (κ3) is 5.47. The van der Waals surface area contributed by atoms with Crippen molar-refractivity contribution in [1.29, 1.82) is 0 Å². The summed E-state index contributed by atoms with van der Waals surface area (Å²) in [6.07, 6.45) is 1.02. The molecule has 0 saturated carbocycles. The van der Waals surface area contributed by atoms with Gasteiger partial charge in [-0.05, 0) is 36.4 Å². The number of hydrazone groups is 1. The number of carbonyl (C=O) groups is 2. The van der Waals surface area contributed by atoms with E-state index in [1.54, 1.807) is 0 Å². The minimum Gasteiger partial charge on any atom is -0.502 e. The maximum Gasteiger partial charge on any atom is 0.315 e. The van der Waals surface area contributed by atoms with Gasteiger partial charge in [0, 0.05) is 16.8 Å². The normalized spacial score (nSPS) is 10.6. The lowest BCUT2D eigenvalue weighted by Gasteiger charge is -2.08. The van der Waals surface area contributed by atoms with Crippen LogP contribution in [0.4, 0.5) is 15.8 Å². The summed E-state index contributed by atoms with van der Waals surface area (Å²) >= 11 is 0. The predicted molar refractivity (Wildman–Crippen MR) is 117 cm³/mol. The van der Waals surface area contributed by atoms with Crippen LogP contribution in [-0.4, -0.2) is 35.2 Å². The average molecular weight is 452 g/mol. The highest BCUT2D eigenvalue weighted by molar-refractivity contribution is 6.05. The lowest BCUT2D eigenvalue weighted by Crippen LogP contribution is -2.18. The summed E-state index contributed by atoms with van der Waals surface area (Å²) in [7, 11) is 1.30. The maximum absolute atomic E-state index is 13.8. The second kappa shape index (κ2) is 10.0. The van der Waals surface area contributed by atoms with Crippen LogP contribution < -0.4 is 15.5 Å². The lowest BCUT2D eigenvalue weighted by molar-refractivity contribution is -0.385. The highest BCUT2D eigenvalue weighted by atomic mass is 19.1. The SMILES string of the molecule is COc1cc(C=NNC(=O)c2cccc(NC(=O)c3ccccc3F)c2)c(O)c([N+](=O)[O-])c1. The average Bonchev–Trinajstić information content (AvgIpc) is 2.80. The van der Waals surface area contributed by atoms with E-state index in [1.165, 1.54) is 55.6 Å². The molecule has 0 aliphatic rings. The second-order valence-corrected chi connectivity index (χ2v) is 6.56. The summed E-state index contributed by atoms with van der Waals surface area (Å²) in [6.45, 7) is 0. The van der Waals surface area contributed by atoms with Crippen molar-refractivity contribution in [3.8, 4) is 11.5 Å². The third-order valence-electron chi connectivity index (χ3n) is 4.40. The van der Waals surface area contributed by atoms with E-state index in [4.69, 9.17) is 4.74 Å². The van der Waals surface area contributed by atoms with Crippen LogP contribution in [0.3, 0.4) is 0 Å².